The molecule has 0 saturated carbocycles. The normalized spacial score (nSPS) is 11.2. The van der Waals surface area contributed by atoms with E-state index in [0.717, 1.165) is 12.3 Å². The first-order chi connectivity index (χ1) is 9.92. The highest BCUT2D eigenvalue weighted by atomic mass is 32.3. The molecule has 5 nitrogen and oxygen atoms in total. The third-order valence-electron chi connectivity index (χ3n) is 2.42. The zero-order valence-corrected chi connectivity index (χ0v) is 14.7. The van der Waals surface area contributed by atoms with Gasteiger partial charge in [-0.2, -0.15) is 4.57 Å². The van der Waals surface area contributed by atoms with Gasteiger partial charge in [0.1, 0.15) is 11.2 Å². The maximum Gasteiger partial charge on any atom is 0.298 e. The van der Waals surface area contributed by atoms with E-state index in [1.807, 2.05) is 23.1 Å². The van der Waals surface area contributed by atoms with Crippen LogP contribution in [0, 0.1) is 0 Å². The van der Waals surface area contributed by atoms with Gasteiger partial charge in [0.05, 0.1) is 6.61 Å². The van der Waals surface area contributed by atoms with Crippen molar-refractivity contribution in [3.8, 4) is 0 Å². The van der Waals surface area contributed by atoms with Crippen molar-refractivity contribution in [3.63, 3.8) is 0 Å². The quantitative estimate of drug-likeness (QED) is 0.359. The van der Waals surface area contributed by atoms with Crippen molar-refractivity contribution in [1.29, 1.82) is 0 Å². The van der Waals surface area contributed by atoms with Gasteiger partial charge < -0.3 is 4.55 Å². The molecule has 0 aliphatic heterocycles. The second kappa shape index (κ2) is 8.70. The van der Waals surface area contributed by atoms with Gasteiger partial charge >= 0.3 is 0 Å². The molecule has 0 unspecified atom stereocenters. The van der Waals surface area contributed by atoms with Crippen molar-refractivity contribution >= 4 is 43.7 Å². The third kappa shape index (κ3) is 5.91. The minimum Gasteiger partial charge on any atom is -0.726 e. The van der Waals surface area contributed by atoms with Gasteiger partial charge in [-0.05, 0) is 31.7 Å². The Labute approximate surface area is 133 Å². The van der Waals surface area contributed by atoms with E-state index in [2.05, 4.69) is 46.9 Å². The summed E-state index contributed by atoms with van der Waals surface area (Å²) in [5.41, 5.74) is 1.37. The van der Waals surface area contributed by atoms with E-state index in [1.54, 1.807) is 0 Å². The Morgan fingerprint density at radius 3 is 2.43 bits per heavy atom. The Balaban J connectivity index is 0.000000270. The number of benzene rings is 1. The number of aromatic nitrogens is 1. The Morgan fingerprint density at radius 2 is 1.95 bits per heavy atom. The lowest BCUT2D eigenvalue weighted by Crippen LogP contribution is -2.32. The van der Waals surface area contributed by atoms with Gasteiger partial charge in [0.15, 0.2) is 0 Å². The summed E-state index contributed by atoms with van der Waals surface area (Å²) in [5.74, 6) is 1.15. The molecular weight excluding hydrogens is 330 g/mol. The van der Waals surface area contributed by atoms with Crippen molar-refractivity contribution in [2.45, 2.75) is 31.7 Å². The Bertz CT molecular complexity index is 667. The fraction of sp³-hybridized carbons (Fsp3) is 0.462. The first kappa shape index (κ1) is 18.4. The van der Waals surface area contributed by atoms with Crippen molar-refractivity contribution in [3.05, 3.63) is 24.3 Å². The van der Waals surface area contributed by atoms with Crippen LogP contribution in [-0.2, 0) is 21.1 Å². The summed E-state index contributed by atoms with van der Waals surface area (Å²) >= 11 is 3.83. The maximum absolute atomic E-state index is 9.45. The molecule has 0 atom stereocenters. The Hall–Kier alpha value is -0.670. The predicted octanol–water partition coefficient (Wildman–Crippen LogP) is 2.80. The minimum absolute atomic E-state index is 0.0914. The number of hydrogen-bond donors (Lipinski definition) is 0. The lowest BCUT2D eigenvalue weighted by molar-refractivity contribution is -0.698. The highest BCUT2D eigenvalue weighted by Crippen LogP contribution is 2.27. The van der Waals surface area contributed by atoms with Gasteiger partial charge in [-0.3, -0.25) is 4.18 Å². The fourth-order valence-corrected chi connectivity index (χ4v) is 4.42. The van der Waals surface area contributed by atoms with Crippen LogP contribution in [0.5, 0.6) is 0 Å². The molecule has 0 amide bonds. The summed E-state index contributed by atoms with van der Waals surface area (Å²) in [6.07, 6.45) is 0. The topological polar surface area (TPSA) is 70.3 Å². The molecule has 8 heteroatoms. The van der Waals surface area contributed by atoms with E-state index in [0.29, 0.717) is 0 Å². The number of para-hydroxylation sites is 1. The average molecular weight is 349 g/mol. The highest BCUT2D eigenvalue weighted by Gasteiger charge is 2.17. The van der Waals surface area contributed by atoms with Crippen LogP contribution in [0.25, 0.3) is 10.2 Å². The Kier molecular flexibility index (Phi) is 7.61. The van der Waals surface area contributed by atoms with Crippen LogP contribution in [0.1, 0.15) is 20.8 Å². The zero-order chi connectivity index (χ0) is 15.9. The molecule has 1 heterocycles. The number of aryl methyl sites for hydroxylation is 1. The molecule has 0 aliphatic rings. The van der Waals surface area contributed by atoms with Crippen LogP contribution in [0.2, 0.25) is 0 Å². The van der Waals surface area contributed by atoms with Crippen LogP contribution in [0.4, 0.5) is 0 Å². The first-order valence-corrected chi connectivity index (χ1v) is 9.70. The molecular formula is C13H19NO4S3. The van der Waals surface area contributed by atoms with E-state index in [-0.39, 0.29) is 6.61 Å². The largest absolute Gasteiger partial charge is 0.726 e. The van der Waals surface area contributed by atoms with Crippen molar-refractivity contribution in [1.82, 2.24) is 0 Å². The maximum atomic E-state index is 9.45. The summed E-state index contributed by atoms with van der Waals surface area (Å²) in [7, 11) is -4.42. The van der Waals surface area contributed by atoms with E-state index in [4.69, 9.17) is 0 Å². The number of rotatable bonds is 5. The van der Waals surface area contributed by atoms with Crippen molar-refractivity contribution in [2.75, 3.05) is 12.4 Å². The summed E-state index contributed by atoms with van der Waals surface area (Å²) in [4.78, 5) is 0. The van der Waals surface area contributed by atoms with Gasteiger partial charge in [-0.25, -0.2) is 8.42 Å². The van der Waals surface area contributed by atoms with Crippen LogP contribution in [0.3, 0.4) is 0 Å². The zero-order valence-electron chi connectivity index (χ0n) is 12.2. The lowest BCUT2D eigenvalue weighted by atomic mass is 10.3. The summed E-state index contributed by atoms with van der Waals surface area (Å²) < 4.78 is 37.2. The van der Waals surface area contributed by atoms with E-state index < -0.39 is 10.4 Å². The van der Waals surface area contributed by atoms with Gasteiger partial charge in [0.25, 0.3) is 4.34 Å². The Morgan fingerprint density at radius 1 is 1.29 bits per heavy atom. The second-order valence-electron chi connectivity index (χ2n) is 3.83. The number of fused-ring (bicyclic) bond motifs is 1. The van der Waals surface area contributed by atoms with Gasteiger partial charge in [0, 0.05) is 11.8 Å². The molecule has 21 heavy (non-hydrogen) atoms. The third-order valence-corrected chi connectivity index (χ3v) is 5.26. The lowest BCUT2D eigenvalue weighted by Gasteiger charge is -2.02. The summed E-state index contributed by atoms with van der Waals surface area (Å²) in [6, 6.07) is 8.63. The van der Waals surface area contributed by atoms with Crippen LogP contribution < -0.4 is 4.57 Å². The number of hydrogen-bond acceptors (Lipinski definition) is 6. The van der Waals surface area contributed by atoms with Crippen LogP contribution >= 0.6 is 23.1 Å². The number of thiazole rings is 1. The standard InChI is InChI=1S/C11H14NS2.C2H6O4S/c1-3-12-9-7-5-6-8-10(9)14-11(12)13-4-2;1-2-6-7(3,4)5/h5-8H,3-4H2,1-2H3;2H2,1H3,(H,3,4,5)/q+1;/p-1. The average Bonchev–Trinajstić information content (AvgIpc) is 2.75. The smallest absolute Gasteiger partial charge is 0.298 e. The van der Waals surface area contributed by atoms with Crippen molar-refractivity contribution < 1.29 is 21.7 Å². The fourth-order valence-electron chi connectivity index (χ4n) is 1.69. The molecule has 1 aromatic carbocycles. The number of nitrogens with zero attached hydrogens (tertiary/aromatic N) is 1. The molecule has 0 N–H and O–H groups in total. The SMILES string of the molecule is CCOS(=O)(=O)[O-].CCSc1sc2ccccc2[n+]1CC. The van der Waals surface area contributed by atoms with E-state index in [1.165, 1.54) is 21.5 Å². The molecule has 0 fully saturated rings. The van der Waals surface area contributed by atoms with Gasteiger partial charge in [-0.1, -0.05) is 30.4 Å². The van der Waals surface area contributed by atoms with Gasteiger partial charge in [-0.15, -0.1) is 0 Å². The molecule has 0 spiro atoms. The van der Waals surface area contributed by atoms with E-state index in [9.17, 15) is 13.0 Å². The molecule has 118 valence electrons. The van der Waals surface area contributed by atoms with Crippen molar-refractivity contribution in [2.24, 2.45) is 0 Å². The highest BCUT2D eigenvalue weighted by molar-refractivity contribution is 8.00. The van der Waals surface area contributed by atoms with Crippen LogP contribution in [-0.4, -0.2) is 25.3 Å². The second-order valence-corrected chi connectivity index (χ2v) is 7.42. The van der Waals surface area contributed by atoms with Crippen LogP contribution in [0.15, 0.2) is 28.6 Å². The van der Waals surface area contributed by atoms with E-state index >= 15 is 0 Å². The van der Waals surface area contributed by atoms with Gasteiger partial charge in [0.2, 0.25) is 15.9 Å². The molecule has 0 aliphatic carbocycles. The molecule has 0 radical (unpaired) electrons. The summed E-state index contributed by atoms with van der Waals surface area (Å²) in [6.45, 7) is 6.81. The summed E-state index contributed by atoms with van der Waals surface area (Å²) in [5, 5.41) is 0. The molecule has 1 aromatic heterocycles. The molecule has 0 saturated heterocycles. The monoisotopic (exact) mass is 349 g/mol. The molecule has 0 bridgehead atoms. The molecule has 2 rings (SSSR count). The molecule has 2 aromatic rings. The number of thioether (sulfide) groups is 1. The first-order valence-electron chi connectivity index (χ1n) is 6.57. The predicted molar refractivity (Wildman–Crippen MR) is 85.4 cm³/mol. The minimum atomic E-state index is -4.42.